The highest BCUT2D eigenvalue weighted by Crippen LogP contribution is 2.24. The molecule has 3 rings (SSSR count). The molecule has 0 bridgehead atoms. The third kappa shape index (κ3) is 2.91. The van der Waals surface area contributed by atoms with Gasteiger partial charge in [0.05, 0.1) is 23.5 Å². The highest BCUT2D eigenvalue weighted by Gasteiger charge is 2.30. The summed E-state index contributed by atoms with van der Waals surface area (Å²) in [6.07, 6.45) is 1.83. The van der Waals surface area contributed by atoms with Crippen LogP contribution < -0.4 is 5.56 Å². The molecule has 0 aliphatic carbocycles. The first-order valence-corrected chi connectivity index (χ1v) is 9.08. The average molecular weight is 354 g/mol. The SMILES string of the molecule is CCn1cnc2c(c1=O)CCN(S(=O)(=O)c1cccc(Cl)c1)C2. The molecule has 23 heavy (non-hydrogen) atoms. The Hall–Kier alpha value is -1.70. The monoisotopic (exact) mass is 353 g/mol. The van der Waals surface area contributed by atoms with Gasteiger partial charge in [-0.25, -0.2) is 13.4 Å². The summed E-state index contributed by atoms with van der Waals surface area (Å²) in [5.41, 5.74) is 1.04. The molecule has 0 saturated carbocycles. The van der Waals surface area contributed by atoms with Crippen molar-refractivity contribution in [2.75, 3.05) is 6.54 Å². The molecule has 0 N–H and O–H groups in total. The predicted octanol–water partition coefficient (Wildman–Crippen LogP) is 1.66. The number of fused-ring (bicyclic) bond motifs is 1. The maximum Gasteiger partial charge on any atom is 0.256 e. The summed E-state index contributed by atoms with van der Waals surface area (Å²) < 4.78 is 28.3. The van der Waals surface area contributed by atoms with Gasteiger partial charge in [0.1, 0.15) is 0 Å². The minimum absolute atomic E-state index is 0.0858. The molecule has 6 nitrogen and oxygen atoms in total. The lowest BCUT2D eigenvalue weighted by atomic mass is 10.1. The van der Waals surface area contributed by atoms with E-state index in [1.54, 1.807) is 12.1 Å². The molecule has 2 aromatic rings. The smallest absolute Gasteiger partial charge is 0.256 e. The minimum Gasteiger partial charge on any atom is -0.299 e. The number of hydrogen-bond donors (Lipinski definition) is 0. The van der Waals surface area contributed by atoms with Gasteiger partial charge in [-0.05, 0) is 31.5 Å². The van der Waals surface area contributed by atoms with Crippen LogP contribution in [0.5, 0.6) is 0 Å². The van der Waals surface area contributed by atoms with Crippen molar-refractivity contribution in [3.8, 4) is 0 Å². The molecule has 1 aromatic carbocycles. The first kappa shape index (κ1) is 16.2. The summed E-state index contributed by atoms with van der Waals surface area (Å²) in [6, 6.07) is 6.17. The molecular formula is C15H16ClN3O3S. The van der Waals surface area contributed by atoms with Gasteiger partial charge < -0.3 is 0 Å². The van der Waals surface area contributed by atoms with E-state index in [1.807, 2.05) is 6.92 Å². The van der Waals surface area contributed by atoms with Gasteiger partial charge >= 0.3 is 0 Å². The van der Waals surface area contributed by atoms with Crippen molar-refractivity contribution in [1.82, 2.24) is 13.9 Å². The van der Waals surface area contributed by atoms with Crippen LogP contribution in [0, 0.1) is 0 Å². The van der Waals surface area contributed by atoms with Crippen LogP contribution >= 0.6 is 11.6 Å². The molecule has 0 amide bonds. The average Bonchev–Trinajstić information content (AvgIpc) is 2.55. The summed E-state index contributed by atoms with van der Waals surface area (Å²) in [7, 11) is -3.66. The van der Waals surface area contributed by atoms with E-state index in [0.29, 0.717) is 29.2 Å². The van der Waals surface area contributed by atoms with Gasteiger partial charge in [0.25, 0.3) is 5.56 Å². The van der Waals surface area contributed by atoms with Crippen LogP contribution in [0.4, 0.5) is 0 Å². The quantitative estimate of drug-likeness (QED) is 0.841. The second-order valence-corrected chi connectivity index (χ2v) is 7.68. The van der Waals surface area contributed by atoms with E-state index in [0.717, 1.165) is 0 Å². The van der Waals surface area contributed by atoms with Crippen molar-refractivity contribution < 1.29 is 8.42 Å². The first-order chi connectivity index (χ1) is 10.9. The third-order valence-corrected chi connectivity index (χ3v) is 6.01. The van der Waals surface area contributed by atoms with Crippen LogP contribution in [0.2, 0.25) is 5.02 Å². The lowest BCUT2D eigenvalue weighted by Crippen LogP contribution is -2.40. The second-order valence-electron chi connectivity index (χ2n) is 5.31. The van der Waals surface area contributed by atoms with Crippen molar-refractivity contribution in [3.63, 3.8) is 0 Å². The standard InChI is InChI=1S/C15H16ClN3O3S/c1-2-18-10-17-14-9-19(7-6-13(14)15(18)20)23(21,22)12-5-3-4-11(16)8-12/h3-5,8,10H,2,6-7,9H2,1H3. The van der Waals surface area contributed by atoms with E-state index in [-0.39, 0.29) is 23.5 Å². The maximum atomic E-state index is 12.7. The lowest BCUT2D eigenvalue weighted by molar-refractivity contribution is 0.381. The molecule has 1 aliphatic rings. The van der Waals surface area contributed by atoms with E-state index in [4.69, 9.17) is 11.6 Å². The predicted molar refractivity (Wildman–Crippen MR) is 86.9 cm³/mol. The Bertz CT molecular complexity index is 908. The van der Waals surface area contributed by atoms with E-state index in [9.17, 15) is 13.2 Å². The number of halogens is 1. The minimum atomic E-state index is -3.66. The van der Waals surface area contributed by atoms with Crippen LogP contribution in [0.1, 0.15) is 18.2 Å². The van der Waals surface area contributed by atoms with Crippen molar-refractivity contribution in [1.29, 1.82) is 0 Å². The molecule has 0 radical (unpaired) electrons. The van der Waals surface area contributed by atoms with E-state index in [1.165, 1.54) is 27.3 Å². The largest absolute Gasteiger partial charge is 0.299 e. The first-order valence-electron chi connectivity index (χ1n) is 7.26. The Morgan fingerprint density at radius 2 is 2.13 bits per heavy atom. The molecule has 0 fully saturated rings. The van der Waals surface area contributed by atoms with Crippen molar-refractivity contribution in [3.05, 3.63) is 57.2 Å². The topological polar surface area (TPSA) is 72.3 Å². The van der Waals surface area contributed by atoms with Gasteiger partial charge in [-0.1, -0.05) is 17.7 Å². The summed E-state index contributed by atoms with van der Waals surface area (Å²) >= 11 is 5.89. The van der Waals surface area contributed by atoms with Crippen LogP contribution in [0.25, 0.3) is 0 Å². The Labute approximate surface area is 139 Å². The molecule has 0 atom stereocenters. The zero-order chi connectivity index (χ0) is 16.6. The fourth-order valence-electron chi connectivity index (χ4n) is 2.64. The highest BCUT2D eigenvalue weighted by atomic mass is 35.5. The van der Waals surface area contributed by atoms with E-state index < -0.39 is 10.0 Å². The van der Waals surface area contributed by atoms with Gasteiger partial charge in [-0.2, -0.15) is 4.31 Å². The zero-order valence-electron chi connectivity index (χ0n) is 12.6. The molecular weight excluding hydrogens is 338 g/mol. The Morgan fingerprint density at radius 1 is 1.35 bits per heavy atom. The number of aromatic nitrogens is 2. The van der Waals surface area contributed by atoms with Gasteiger partial charge in [-0.15, -0.1) is 0 Å². The summed E-state index contributed by atoms with van der Waals surface area (Å²) in [4.78, 5) is 16.7. The van der Waals surface area contributed by atoms with Crippen molar-refractivity contribution >= 4 is 21.6 Å². The van der Waals surface area contributed by atoms with Crippen LogP contribution in [0.15, 0.2) is 40.3 Å². The molecule has 122 valence electrons. The van der Waals surface area contributed by atoms with Crippen LogP contribution in [0.3, 0.4) is 0 Å². The molecule has 0 saturated heterocycles. The molecule has 8 heteroatoms. The lowest BCUT2D eigenvalue weighted by Gasteiger charge is -2.27. The molecule has 1 aliphatic heterocycles. The van der Waals surface area contributed by atoms with Gasteiger partial charge in [0.15, 0.2) is 0 Å². The van der Waals surface area contributed by atoms with Gasteiger partial charge in [0.2, 0.25) is 10.0 Å². The number of aryl methyl sites for hydroxylation is 1. The fourth-order valence-corrected chi connectivity index (χ4v) is 4.35. The fraction of sp³-hybridized carbons (Fsp3) is 0.333. The summed E-state index contributed by atoms with van der Waals surface area (Å²) in [5, 5.41) is 0.368. The van der Waals surface area contributed by atoms with Gasteiger partial charge in [-0.3, -0.25) is 9.36 Å². The Balaban J connectivity index is 1.96. The Kier molecular flexibility index (Phi) is 4.27. The van der Waals surface area contributed by atoms with Crippen LogP contribution in [-0.2, 0) is 29.5 Å². The van der Waals surface area contributed by atoms with Crippen molar-refractivity contribution in [2.45, 2.75) is 31.3 Å². The number of rotatable bonds is 3. The van der Waals surface area contributed by atoms with E-state index >= 15 is 0 Å². The van der Waals surface area contributed by atoms with E-state index in [2.05, 4.69) is 4.98 Å². The third-order valence-electron chi connectivity index (χ3n) is 3.93. The number of benzene rings is 1. The summed E-state index contributed by atoms with van der Waals surface area (Å²) in [6.45, 7) is 2.77. The highest BCUT2D eigenvalue weighted by molar-refractivity contribution is 7.89. The van der Waals surface area contributed by atoms with Crippen LogP contribution in [-0.4, -0.2) is 28.8 Å². The normalized spacial score (nSPS) is 15.4. The molecule has 1 aromatic heterocycles. The molecule has 0 unspecified atom stereocenters. The number of sulfonamides is 1. The molecule has 2 heterocycles. The molecule has 0 spiro atoms. The summed E-state index contributed by atoms with van der Waals surface area (Å²) in [5.74, 6) is 0. The number of nitrogens with zero attached hydrogens (tertiary/aromatic N) is 3. The number of hydrogen-bond acceptors (Lipinski definition) is 4. The van der Waals surface area contributed by atoms with Crippen molar-refractivity contribution in [2.24, 2.45) is 0 Å². The zero-order valence-corrected chi connectivity index (χ0v) is 14.1. The second kappa shape index (κ2) is 6.07. The maximum absolute atomic E-state index is 12.7. The Morgan fingerprint density at radius 3 is 2.83 bits per heavy atom. The van der Waals surface area contributed by atoms with Gasteiger partial charge in [0, 0.05) is 23.7 Å².